The minimum Gasteiger partial charge on any atom is -0.465 e. The molecule has 0 saturated heterocycles. The summed E-state index contributed by atoms with van der Waals surface area (Å²) in [6.07, 6.45) is 2.58. The smallest absolute Gasteiger partial charge is 0.319 e. The Bertz CT molecular complexity index is 541. The van der Waals surface area contributed by atoms with Gasteiger partial charge in [0.05, 0.1) is 6.61 Å². The maximum absolute atomic E-state index is 11.7. The zero-order valence-corrected chi connectivity index (χ0v) is 11.2. The Morgan fingerprint density at radius 1 is 1.44 bits per heavy atom. The van der Waals surface area contributed by atoms with Crippen molar-refractivity contribution in [3.8, 4) is 0 Å². The number of hydrogen-bond donors (Lipinski definition) is 0. The lowest BCUT2D eigenvalue weighted by molar-refractivity contribution is -0.142. The zero-order chi connectivity index (χ0) is 13.0. The number of thioether (sulfide) groups is 1. The number of pyridine rings is 1. The molecule has 0 radical (unpaired) electrons. The number of aromatic nitrogens is 3. The molecule has 0 amide bonds. The van der Waals surface area contributed by atoms with Gasteiger partial charge in [-0.05, 0) is 25.5 Å². The topological polar surface area (TPSA) is 56.5 Å². The summed E-state index contributed by atoms with van der Waals surface area (Å²) in [5, 5.41) is 8.62. The molecule has 2 heterocycles. The van der Waals surface area contributed by atoms with Crippen molar-refractivity contribution in [2.75, 3.05) is 6.61 Å². The first-order chi connectivity index (χ1) is 8.76. The van der Waals surface area contributed by atoms with Crippen LogP contribution in [0.1, 0.15) is 20.3 Å². The number of rotatable bonds is 5. The summed E-state index contributed by atoms with van der Waals surface area (Å²) >= 11 is 1.39. The predicted octanol–water partition coefficient (Wildman–Crippen LogP) is 2.16. The van der Waals surface area contributed by atoms with Crippen molar-refractivity contribution in [1.82, 2.24) is 14.6 Å². The van der Waals surface area contributed by atoms with Crippen LogP contribution in [-0.4, -0.2) is 32.4 Å². The summed E-state index contributed by atoms with van der Waals surface area (Å²) < 4.78 is 6.91. The Balaban J connectivity index is 2.19. The molecule has 6 heteroatoms. The molecule has 0 fully saturated rings. The van der Waals surface area contributed by atoms with E-state index in [-0.39, 0.29) is 11.2 Å². The number of fused-ring (bicyclic) bond motifs is 1. The van der Waals surface area contributed by atoms with Gasteiger partial charge in [0, 0.05) is 6.20 Å². The number of esters is 1. The molecule has 0 aliphatic rings. The molecule has 2 aromatic rings. The highest BCUT2D eigenvalue weighted by Gasteiger charge is 2.21. The fraction of sp³-hybridized carbons (Fsp3) is 0.417. The van der Waals surface area contributed by atoms with Crippen LogP contribution in [0, 0.1) is 0 Å². The van der Waals surface area contributed by atoms with Crippen molar-refractivity contribution < 1.29 is 9.53 Å². The molecule has 2 rings (SSSR count). The Morgan fingerprint density at radius 3 is 3.00 bits per heavy atom. The highest BCUT2D eigenvalue weighted by Crippen LogP contribution is 2.25. The largest absolute Gasteiger partial charge is 0.465 e. The molecule has 1 atom stereocenters. The first-order valence-electron chi connectivity index (χ1n) is 5.89. The molecule has 96 valence electrons. The van der Waals surface area contributed by atoms with E-state index in [9.17, 15) is 4.79 Å². The lowest BCUT2D eigenvalue weighted by Gasteiger charge is -2.11. The van der Waals surface area contributed by atoms with E-state index < -0.39 is 0 Å². The molecule has 0 N–H and O–H groups in total. The van der Waals surface area contributed by atoms with Crippen molar-refractivity contribution in [3.05, 3.63) is 24.4 Å². The van der Waals surface area contributed by atoms with Gasteiger partial charge in [-0.2, -0.15) is 0 Å². The monoisotopic (exact) mass is 265 g/mol. The lowest BCUT2D eigenvalue weighted by atomic mass is 10.3. The SMILES string of the molecule is CCOC(=O)C(CC)Sc1nnc2ccccn12. The van der Waals surface area contributed by atoms with Gasteiger partial charge in [0.1, 0.15) is 5.25 Å². The van der Waals surface area contributed by atoms with Gasteiger partial charge in [0.2, 0.25) is 0 Å². The average molecular weight is 265 g/mol. The molecule has 1 unspecified atom stereocenters. The molecule has 0 aromatic carbocycles. The predicted molar refractivity (Wildman–Crippen MR) is 69.6 cm³/mol. The van der Waals surface area contributed by atoms with Crippen LogP contribution >= 0.6 is 11.8 Å². The number of hydrogen-bond acceptors (Lipinski definition) is 5. The van der Waals surface area contributed by atoms with Crippen LogP contribution in [0.4, 0.5) is 0 Å². The Morgan fingerprint density at radius 2 is 2.28 bits per heavy atom. The fourth-order valence-electron chi connectivity index (χ4n) is 1.56. The van der Waals surface area contributed by atoms with Gasteiger partial charge in [0.15, 0.2) is 10.8 Å². The number of ether oxygens (including phenoxy) is 1. The van der Waals surface area contributed by atoms with Crippen molar-refractivity contribution in [2.24, 2.45) is 0 Å². The van der Waals surface area contributed by atoms with Crippen LogP contribution in [0.25, 0.3) is 5.65 Å². The molecule has 5 nitrogen and oxygen atoms in total. The summed E-state index contributed by atoms with van der Waals surface area (Å²) in [5.74, 6) is -0.197. The Hall–Kier alpha value is -1.56. The van der Waals surface area contributed by atoms with Crippen molar-refractivity contribution in [3.63, 3.8) is 0 Å². The highest BCUT2D eigenvalue weighted by atomic mass is 32.2. The van der Waals surface area contributed by atoms with E-state index in [0.29, 0.717) is 18.2 Å². The lowest BCUT2D eigenvalue weighted by Crippen LogP contribution is -2.19. The quantitative estimate of drug-likeness (QED) is 0.612. The van der Waals surface area contributed by atoms with E-state index in [2.05, 4.69) is 10.2 Å². The van der Waals surface area contributed by atoms with E-state index in [0.717, 1.165) is 5.65 Å². The zero-order valence-electron chi connectivity index (χ0n) is 10.4. The Kier molecular flexibility index (Phi) is 4.19. The molecule has 0 bridgehead atoms. The van der Waals surface area contributed by atoms with Crippen molar-refractivity contribution >= 4 is 23.4 Å². The van der Waals surface area contributed by atoms with Crippen LogP contribution in [0.2, 0.25) is 0 Å². The van der Waals surface area contributed by atoms with Gasteiger partial charge in [0.25, 0.3) is 0 Å². The van der Waals surface area contributed by atoms with E-state index in [1.807, 2.05) is 42.6 Å². The molecule has 2 aromatic heterocycles. The normalized spacial score (nSPS) is 12.6. The standard InChI is InChI=1S/C12H15N3O2S/c1-3-9(11(16)17-4-2)18-12-14-13-10-7-5-6-8-15(10)12/h5-9H,3-4H2,1-2H3. The summed E-state index contributed by atoms with van der Waals surface area (Å²) in [7, 11) is 0. The molecular weight excluding hydrogens is 250 g/mol. The van der Waals surface area contributed by atoms with Gasteiger partial charge < -0.3 is 4.74 Å². The first-order valence-corrected chi connectivity index (χ1v) is 6.77. The molecule has 0 aliphatic heterocycles. The molecule has 0 saturated carbocycles. The summed E-state index contributed by atoms with van der Waals surface area (Å²) in [6, 6.07) is 5.69. The van der Waals surface area contributed by atoms with Crippen LogP contribution in [-0.2, 0) is 9.53 Å². The number of nitrogens with zero attached hydrogens (tertiary/aromatic N) is 3. The summed E-state index contributed by atoms with van der Waals surface area (Å²) in [5.41, 5.74) is 0.777. The van der Waals surface area contributed by atoms with E-state index in [4.69, 9.17) is 4.74 Å². The maximum atomic E-state index is 11.7. The third-order valence-corrected chi connectivity index (χ3v) is 3.75. The van der Waals surface area contributed by atoms with Gasteiger partial charge in [-0.15, -0.1) is 10.2 Å². The van der Waals surface area contributed by atoms with Crippen LogP contribution in [0.3, 0.4) is 0 Å². The van der Waals surface area contributed by atoms with Crippen LogP contribution < -0.4 is 0 Å². The van der Waals surface area contributed by atoms with Crippen molar-refractivity contribution in [1.29, 1.82) is 0 Å². The third kappa shape index (κ3) is 2.64. The molecule has 0 aliphatic carbocycles. The molecular formula is C12H15N3O2S. The third-order valence-electron chi connectivity index (χ3n) is 2.45. The minimum absolute atomic E-state index is 0.197. The van der Waals surface area contributed by atoms with E-state index in [1.54, 1.807) is 0 Å². The second kappa shape index (κ2) is 5.86. The van der Waals surface area contributed by atoms with Gasteiger partial charge in [-0.1, -0.05) is 24.8 Å². The van der Waals surface area contributed by atoms with Crippen molar-refractivity contribution in [2.45, 2.75) is 30.7 Å². The number of carbonyl (C=O) groups excluding carboxylic acids is 1. The molecule has 0 spiro atoms. The van der Waals surface area contributed by atoms with E-state index >= 15 is 0 Å². The van der Waals surface area contributed by atoms with Gasteiger partial charge in [-0.25, -0.2) is 0 Å². The van der Waals surface area contributed by atoms with Crippen LogP contribution in [0.15, 0.2) is 29.6 Å². The highest BCUT2D eigenvalue weighted by molar-refractivity contribution is 8.00. The van der Waals surface area contributed by atoms with Gasteiger partial charge >= 0.3 is 5.97 Å². The minimum atomic E-state index is -0.238. The maximum Gasteiger partial charge on any atom is 0.319 e. The summed E-state index contributed by atoms with van der Waals surface area (Å²) in [4.78, 5) is 11.7. The Labute approximate surface area is 110 Å². The second-order valence-electron chi connectivity index (χ2n) is 3.68. The molecule has 18 heavy (non-hydrogen) atoms. The first kappa shape index (κ1) is 12.9. The van der Waals surface area contributed by atoms with Crippen LogP contribution in [0.5, 0.6) is 0 Å². The second-order valence-corrected chi connectivity index (χ2v) is 4.85. The fourth-order valence-corrected chi connectivity index (χ4v) is 2.50. The number of carbonyl (C=O) groups is 1. The van der Waals surface area contributed by atoms with E-state index in [1.165, 1.54) is 11.8 Å². The average Bonchev–Trinajstić information content (AvgIpc) is 2.79. The summed E-state index contributed by atoms with van der Waals surface area (Å²) in [6.45, 7) is 4.16. The van der Waals surface area contributed by atoms with Gasteiger partial charge in [-0.3, -0.25) is 9.20 Å².